The fourth-order valence-corrected chi connectivity index (χ4v) is 2.37. The van der Waals surface area contributed by atoms with Crippen molar-refractivity contribution in [2.24, 2.45) is 5.10 Å². The monoisotopic (exact) mass is 320 g/mol. The summed E-state index contributed by atoms with van der Waals surface area (Å²) in [5, 5.41) is 3.91. The summed E-state index contributed by atoms with van der Waals surface area (Å²) in [6, 6.07) is 16.6. The molecule has 0 fully saturated rings. The minimum atomic E-state index is -0.375. The van der Waals surface area contributed by atoms with Crippen LogP contribution in [0, 0.1) is 6.92 Å². The van der Waals surface area contributed by atoms with Gasteiger partial charge >= 0.3 is 0 Å². The lowest BCUT2D eigenvalue weighted by atomic mass is 10.2. The molecule has 24 heavy (non-hydrogen) atoms. The average molecular weight is 320 g/mol. The molecule has 6 nitrogen and oxygen atoms in total. The third-order valence-electron chi connectivity index (χ3n) is 3.52. The van der Waals surface area contributed by atoms with Gasteiger partial charge in [0.1, 0.15) is 12.2 Å². The van der Waals surface area contributed by atoms with Crippen LogP contribution in [-0.4, -0.2) is 21.7 Å². The minimum Gasteiger partial charge on any atom is -0.296 e. The first-order valence-electron chi connectivity index (χ1n) is 7.48. The van der Waals surface area contributed by atoms with Crippen molar-refractivity contribution in [3.8, 4) is 0 Å². The van der Waals surface area contributed by atoms with E-state index in [4.69, 9.17) is 0 Å². The first-order valence-corrected chi connectivity index (χ1v) is 7.48. The number of hydrogen-bond donors (Lipinski definition) is 1. The standard InChI is InChI=1S/C18H16N4O2/c1-13-18(24)22(16-10-6-5-9-15(16)20-13)12-17(23)21-19-11-14-7-3-2-4-8-14/h2-11H,12H2,1H3,(H,21,23)/b19-11+. The quantitative estimate of drug-likeness (QED) is 0.589. The van der Waals surface area contributed by atoms with Gasteiger partial charge < -0.3 is 0 Å². The number of para-hydroxylation sites is 2. The Morgan fingerprint density at radius 2 is 1.88 bits per heavy atom. The Morgan fingerprint density at radius 3 is 2.67 bits per heavy atom. The predicted octanol–water partition coefficient (Wildman–Crippen LogP) is 1.86. The van der Waals surface area contributed by atoms with Crippen molar-refractivity contribution >= 4 is 23.2 Å². The highest BCUT2D eigenvalue weighted by atomic mass is 16.2. The molecule has 3 aromatic rings. The fourth-order valence-electron chi connectivity index (χ4n) is 2.37. The molecule has 0 spiro atoms. The Kier molecular flexibility index (Phi) is 4.47. The van der Waals surface area contributed by atoms with Crippen LogP contribution in [0.3, 0.4) is 0 Å². The third kappa shape index (κ3) is 3.38. The smallest absolute Gasteiger partial charge is 0.272 e. The molecule has 120 valence electrons. The first-order chi connectivity index (χ1) is 11.6. The zero-order valence-electron chi connectivity index (χ0n) is 13.1. The van der Waals surface area contributed by atoms with E-state index in [1.807, 2.05) is 42.5 Å². The molecule has 0 aliphatic rings. The number of nitrogens with zero attached hydrogens (tertiary/aromatic N) is 3. The van der Waals surface area contributed by atoms with Crippen molar-refractivity contribution in [1.82, 2.24) is 15.0 Å². The number of carbonyl (C=O) groups excluding carboxylic acids is 1. The summed E-state index contributed by atoms with van der Waals surface area (Å²) < 4.78 is 1.41. The van der Waals surface area contributed by atoms with E-state index in [-0.39, 0.29) is 18.0 Å². The SMILES string of the molecule is Cc1nc2ccccc2n(CC(=O)N/N=C/c2ccccc2)c1=O. The number of rotatable bonds is 4. The van der Waals surface area contributed by atoms with E-state index in [1.54, 1.807) is 25.3 Å². The zero-order chi connectivity index (χ0) is 16.9. The Bertz CT molecular complexity index is 962. The summed E-state index contributed by atoms with van der Waals surface area (Å²) in [7, 11) is 0. The second-order valence-corrected chi connectivity index (χ2v) is 5.28. The molecule has 0 saturated carbocycles. The summed E-state index contributed by atoms with van der Waals surface area (Å²) in [4.78, 5) is 28.7. The van der Waals surface area contributed by atoms with E-state index >= 15 is 0 Å². The Labute approximate surface area is 138 Å². The molecule has 1 amide bonds. The molecule has 0 atom stereocenters. The van der Waals surface area contributed by atoms with Gasteiger partial charge in [0.25, 0.3) is 11.5 Å². The summed E-state index contributed by atoms with van der Waals surface area (Å²) in [5.41, 5.74) is 4.69. The van der Waals surface area contributed by atoms with Crippen LogP contribution in [0.5, 0.6) is 0 Å². The number of aryl methyl sites for hydroxylation is 1. The van der Waals surface area contributed by atoms with Gasteiger partial charge in [0.15, 0.2) is 0 Å². The molecular weight excluding hydrogens is 304 g/mol. The van der Waals surface area contributed by atoms with Gasteiger partial charge in [-0.3, -0.25) is 14.2 Å². The van der Waals surface area contributed by atoms with Gasteiger partial charge in [0, 0.05) is 0 Å². The summed E-state index contributed by atoms with van der Waals surface area (Å²) in [6.45, 7) is 1.52. The van der Waals surface area contributed by atoms with Crippen LogP contribution >= 0.6 is 0 Å². The van der Waals surface area contributed by atoms with E-state index < -0.39 is 0 Å². The first kappa shape index (κ1) is 15.6. The molecule has 0 bridgehead atoms. The number of aromatic nitrogens is 2. The van der Waals surface area contributed by atoms with Gasteiger partial charge in [-0.1, -0.05) is 42.5 Å². The van der Waals surface area contributed by atoms with Crippen LogP contribution in [0.1, 0.15) is 11.3 Å². The summed E-state index contributed by atoms with van der Waals surface area (Å²) in [6.07, 6.45) is 1.55. The molecule has 1 heterocycles. The van der Waals surface area contributed by atoms with Crippen LogP contribution in [0.2, 0.25) is 0 Å². The Balaban J connectivity index is 1.80. The van der Waals surface area contributed by atoms with Crippen LogP contribution in [-0.2, 0) is 11.3 Å². The van der Waals surface area contributed by atoms with Crippen LogP contribution in [0.25, 0.3) is 11.0 Å². The van der Waals surface area contributed by atoms with Crippen LogP contribution < -0.4 is 11.0 Å². The topological polar surface area (TPSA) is 76.3 Å². The molecule has 6 heteroatoms. The number of nitrogens with one attached hydrogen (secondary N) is 1. The van der Waals surface area contributed by atoms with Crippen molar-refractivity contribution in [2.75, 3.05) is 0 Å². The van der Waals surface area contributed by atoms with Gasteiger partial charge in [-0.15, -0.1) is 0 Å². The maximum Gasteiger partial charge on any atom is 0.272 e. The Morgan fingerprint density at radius 1 is 1.17 bits per heavy atom. The molecule has 0 radical (unpaired) electrons. The number of amides is 1. The van der Waals surface area contributed by atoms with E-state index in [9.17, 15) is 9.59 Å². The van der Waals surface area contributed by atoms with Gasteiger partial charge in [0.2, 0.25) is 0 Å². The zero-order valence-corrected chi connectivity index (χ0v) is 13.1. The number of hydrazone groups is 1. The van der Waals surface area contributed by atoms with Crippen LogP contribution in [0.15, 0.2) is 64.5 Å². The van der Waals surface area contributed by atoms with E-state index in [0.29, 0.717) is 16.7 Å². The van der Waals surface area contributed by atoms with Gasteiger partial charge in [0.05, 0.1) is 17.2 Å². The molecule has 3 rings (SSSR count). The maximum absolute atomic E-state index is 12.3. The minimum absolute atomic E-state index is 0.116. The van der Waals surface area contributed by atoms with Gasteiger partial charge in [-0.25, -0.2) is 10.4 Å². The maximum atomic E-state index is 12.3. The average Bonchev–Trinajstić information content (AvgIpc) is 2.60. The number of benzene rings is 2. The molecule has 2 aromatic carbocycles. The van der Waals surface area contributed by atoms with Crippen molar-refractivity contribution < 1.29 is 4.79 Å². The molecular formula is C18H16N4O2. The molecule has 0 saturated heterocycles. The largest absolute Gasteiger partial charge is 0.296 e. The van der Waals surface area contributed by atoms with E-state index in [0.717, 1.165) is 5.56 Å². The van der Waals surface area contributed by atoms with Crippen molar-refractivity contribution in [2.45, 2.75) is 13.5 Å². The lowest BCUT2D eigenvalue weighted by Gasteiger charge is -2.09. The molecule has 0 unspecified atom stereocenters. The summed E-state index contributed by atoms with van der Waals surface area (Å²) in [5.74, 6) is -0.375. The van der Waals surface area contributed by atoms with Crippen molar-refractivity contribution in [3.63, 3.8) is 0 Å². The lowest BCUT2D eigenvalue weighted by molar-refractivity contribution is -0.121. The number of hydrogen-bond acceptors (Lipinski definition) is 4. The van der Waals surface area contributed by atoms with E-state index in [1.165, 1.54) is 4.57 Å². The van der Waals surface area contributed by atoms with Crippen molar-refractivity contribution in [1.29, 1.82) is 0 Å². The highest BCUT2D eigenvalue weighted by Gasteiger charge is 2.10. The van der Waals surface area contributed by atoms with Crippen LogP contribution in [0.4, 0.5) is 0 Å². The predicted molar refractivity (Wildman–Crippen MR) is 92.9 cm³/mol. The molecule has 0 aliphatic carbocycles. The third-order valence-corrected chi connectivity index (χ3v) is 3.52. The number of carbonyl (C=O) groups is 1. The molecule has 1 aromatic heterocycles. The van der Waals surface area contributed by atoms with Crippen molar-refractivity contribution in [3.05, 3.63) is 76.2 Å². The molecule has 1 N–H and O–H groups in total. The second-order valence-electron chi connectivity index (χ2n) is 5.28. The highest BCUT2D eigenvalue weighted by Crippen LogP contribution is 2.09. The lowest BCUT2D eigenvalue weighted by Crippen LogP contribution is -2.31. The number of fused-ring (bicyclic) bond motifs is 1. The summed E-state index contributed by atoms with van der Waals surface area (Å²) >= 11 is 0. The van der Waals surface area contributed by atoms with E-state index in [2.05, 4.69) is 15.5 Å². The van der Waals surface area contributed by atoms with Gasteiger partial charge in [-0.05, 0) is 24.6 Å². The van der Waals surface area contributed by atoms with Gasteiger partial charge in [-0.2, -0.15) is 5.10 Å². The normalized spacial score (nSPS) is 11.0. The highest BCUT2D eigenvalue weighted by molar-refractivity contribution is 5.83. The molecule has 0 aliphatic heterocycles. The second kappa shape index (κ2) is 6.87. The fraction of sp³-hybridized carbons (Fsp3) is 0.111. The Hall–Kier alpha value is -3.28.